The molecular weight excluding hydrogens is 474 g/mol. The van der Waals surface area contributed by atoms with E-state index in [1.807, 2.05) is 39.2 Å². The minimum Gasteiger partial charge on any atom is -0.360 e. The maximum atomic E-state index is 13.8. The van der Waals surface area contributed by atoms with E-state index in [9.17, 15) is 17.6 Å². The van der Waals surface area contributed by atoms with Crippen molar-refractivity contribution in [2.24, 2.45) is 5.73 Å². The molecule has 2 unspecified atom stereocenters. The second-order valence-corrected chi connectivity index (χ2v) is 9.08. The van der Waals surface area contributed by atoms with Gasteiger partial charge in [0.1, 0.15) is 11.4 Å². The Morgan fingerprint density at radius 2 is 2.03 bits per heavy atom. The quantitative estimate of drug-likeness (QED) is 0.343. The molecule has 0 bridgehead atoms. The van der Waals surface area contributed by atoms with Gasteiger partial charge in [-0.25, -0.2) is 14.4 Å². The second kappa shape index (κ2) is 10.00. The molecule has 0 amide bonds. The first-order valence-corrected chi connectivity index (χ1v) is 11.6. The first kappa shape index (κ1) is 25.8. The summed E-state index contributed by atoms with van der Waals surface area (Å²) in [6, 6.07) is 3.45. The Bertz CT molecular complexity index is 1300. The fourth-order valence-electron chi connectivity index (χ4n) is 4.36. The minimum atomic E-state index is -4.68. The van der Waals surface area contributed by atoms with Gasteiger partial charge in [-0.3, -0.25) is 0 Å². The molecule has 1 aromatic carbocycles. The van der Waals surface area contributed by atoms with Gasteiger partial charge in [-0.05, 0) is 64.0 Å². The van der Waals surface area contributed by atoms with Crippen LogP contribution in [0.2, 0.25) is 0 Å². The van der Waals surface area contributed by atoms with Crippen LogP contribution in [-0.2, 0) is 6.18 Å². The number of nitrogens with two attached hydrogens (primary N) is 1. The van der Waals surface area contributed by atoms with E-state index in [-0.39, 0.29) is 23.2 Å². The highest BCUT2D eigenvalue weighted by atomic mass is 19.4. The first-order valence-electron chi connectivity index (χ1n) is 11.6. The Kier molecular flexibility index (Phi) is 7.17. The molecule has 3 aromatic rings. The lowest BCUT2D eigenvalue weighted by Gasteiger charge is -2.39. The fourth-order valence-corrected chi connectivity index (χ4v) is 4.36. The summed E-state index contributed by atoms with van der Waals surface area (Å²) in [4.78, 5) is 13.0. The molecule has 2 heterocycles. The molecule has 1 aliphatic rings. The van der Waals surface area contributed by atoms with Gasteiger partial charge in [0.25, 0.3) is 0 Å². The summed E-state index contributed by atoms with van der Waals surface area (Å²) >= 11 is 0. The van der Waals surface area contributed by atoms with Crippen molar-refractivity contribution in [3.05, 3.63) is 65.9 Å². The SMILES string of the molecule is CCNC1(CCN(C)C)C=CC(Nc2ncc(C(F)(F)F)c(-c3c[nH]c4cc(F)ccc34)n2)=CC1N. The van der Waals surface area contributed by atoms with Crippen LogP contribution in [0.3, 0.4) is 0 Å². The number of likely N-dealkylation sites (N-methyl/N-ethyl adjacent to an activating group) is 1. The van der Waals surface area contributed by atoms with Crippen molar-refractivity contribution in [3.63, 3.8) is 0 Å². The Balaban J connectivity index is 1.67. The highest BCUT2D eigenvalue weighted by molar-refractivity contribution is 5.95. The van der Waals surface area contributed by atoms with Gasteiger partial charge in [-0.15, -0.1) is 0 Å². The zero-order chi connectivity index (χ0) is 26.1. The molecule has 5 N–H and O–H groups in total. The number of nitrogens with zero attached hydrogens (tertiary/aromatic N) is 3. The third-order valence-electron chi connectivity index (χ3n) is 6.24. The summed E-state index contributed by atoms with van der Waals surface area (Å²) in [5, 5.41) is 6.87. The number of H-pyrrole nitrogens is 1. The molecule has 2 atom stereocenters. The number of hydrogen-bond donors (Lipinski definition) is 4. The lowest BCUT2D eigenvalue weighted by atomic mass is 9.82. The number of hydrogen-bond acceptors (Lipinski definition) is 6. The van der Waals surface area contributed by atoms with Crippen LogP contribution in [0.15, 0.2) is 54.5 Å². The van der Waals surface area contributed by atoms with Crippen molar-refractivity contribution >= 4 is 16.9 Å². The molecular formula is C25H29F4N7. The molecule has 192 valence electrons. The highest BCUT2D eigenvalue weighted by Crippen LogP contribution is 2.39. The maximum absolute atomic E-state index is 13.8. The number of rotatable bonds is 8. The zero-order valence-electron chi connectivity index (χ0n) is 20.2. The Hall–Kier alpha value is -3.28. The molecule has 36 heavy (non-hydrogen) atoms. The van der Waals surface area contributed by atoms with Crippen LogP contribution in [0.4, 0.5) is 23.5 Å². The molecule has 11 heteroatoms. The van der Waals surface area contributed by atoms with Crippen LogP contribution in [0.1, 0.15) is 18.9 Å². The van der Waals surface area contributed by atoms with Gasteiger partial charge in [0, 0.05) is 40.6 Å². The van der Waals surface area contributed by atoms with Crippen LogP contribution >= 0.6 is 0 Å². The number of benzene rings is 1. The van der Waals surface area contributed by atoms with Crippen molar-refractivity contribution in [3.8, 4) is 11.3 Å². The molecule has 1 aliphatic carbocycles. The Morgan fingerprint density at radius 1 is 1.25 bits per heavy atom. The largest absolute Gasteiger partial charge is 0.419 e. The molecule has 0 saturated heterocycles. The molecule has 2 aromatic heterocycles. The summed E-state index contributed by atoms with van der Waals surface area (Å²) in [7, 11) is 3.98. The number of aromatic nitrogens is 3. The van der Waals surface area contributed by atoms with E-state index in [2.05, 4.69) is 30.5 Å². The van der Waals surface area contributed by atoms with Gasteiger partial charge >= 0.3 is 6.18 Å². The van der Waals surface area contributed by atoms with Gasteiger partial charge in [-0.1, -0.05) is 13.0 Å². The van der Waals surface area contributed by atoms with Gasteiger partial charge in [0.05, 0.1) is 11.2 Å². The second-order valence-electron chi connectivity index (χ2n) is 9.08. The van der Waals surface area contributed by atoms with E-state index in [4.69, 9.17) is 5.73 Å². The molecule has 0 radical (unpaired) electrons. The lowest BCUT2D eigenvalue weighted by molar-refractivity contribution is -0.137. The van der Waals surface area contributed by atoms with Gasteiger partial charge in [0.15, 0.2) is 0 Å². The number of anilines is 1. The molecule has 0 spiro atoms. The maximum Gasteiger partial charge on any atom is 0.419 e. The number of halogens is 4. The van der Waals surface area contributed by atoms with Gasteiger partial charge < -0.3 is 26.3 Å². The smallest absolute Gasteiger partial charge is 0.360 e. The van der Waals surface area contributed by atoms with Crippen molar-refractivity contribution in [1.29, 1.82) is 0 Å². The predicted octanol–water partition coefficient (Wildman–Crippen LogP) is 4.28. The summed E-state index contributed by atoms with van der Waals surface area (Å²) < 4.78 is 55.0. The lowest BCUT2D eigenvalue weighted by Crippen LogP contribution is -2.58. The fraction of sp³-hybridized carbons (Fsp3) is 0.360. The average Bonchev–Trinajstić information content (AvgIpc) is 3.22. The van der Waals surface area contributed by atoms with E-state index in [1.165, 1.54) is 24.4 Å². The van der Waals surface area contributed by atoms with E-state index >= 15 is 0 Å². The monoisotopic (exact) mass is 503 g/mol. The molecule has 0 fully saturated rings. The molecule has 4 rings (SSSR count). The third kappa shape index (κ3) is 5.28. The number of nitrogens with one attached hydrogen (secondary N) is 3. The standard InChI is InChI=1S/C25H29F4N7/c1-4-33-24(9-10-36(2)3)8-7-16(12-21(24)30)34-23-32-14-19(25(27,28)29)22(35-23)18-13-31-20-11-15(26)5-6-17(18)20/h5-8,11-14,21,31,33H,4,9-10,30H2,1-3H3,(H,32,34,35). The van der Waals surface area contributed by atoms with E-state index < -0.39 is 23.1 Å². The van der Waals surface area contributed by atoms with Gasteiger partial charge in [0.2, 0.25) is 5.95 Å². The van der Waals surface area contributed by atoms with Gasteiger partial charge in [-0.2, -0.15) is 13.2 Å². The van der Waals surface area contributed by atoms with Crippen LogP contribution in [-0.4, -0.2) is 58.6 Å². The highest BCUT2D eigenvalue weighted by Gasteiger charge is 2.37. The average molecular weight is 504 g/mol. The number of allylic oxidation sites excluding steroid dienone is 1. The number of fused-ring (bicyclic) bond motifs is 1. The predicted molar refractivity (Wildman–Crippen MR) is 133 cm³/mol. The zero-order valence-corrected chi connectivity index (χ0v) is 20.2. The summed E-state index contributed by atoms with van der Waals surface area (Å²) in [5.41, 5.74) is 5.92. The number of aromatic amines is 1. The summed E-state index contributed by atoms with van der Waals surface area (Å²) in [6.07, 6.45) is 3.85. The van der Waals surface area contributed by atoms with Crippen LogP contribution in [0.5, 0.6) is 0 Å². The van der Waals surface area contributed by atoms with Crippen molar-refractivity contribution in [1.82, 2.24) is 25.2 Å². The Morgan fingerprint density at radius 3 is 2.69 bits per heavy atom. The van der Waals surface area contributed by atoms with Crippen LogP contribution < -0.4 is 16.4 Å². The van der Waals surface area contributed by atoms with Crippen LogP contribution in [0.25, 0.3) is 22.2 Å². The third-order valence-corrected chi connectivity index (χ3v) is 6.24. The topological polar surface area (TPSA) is 94.9 Å². The van der Waals surface area contributed by atoms with E-state index in [0.717, 1.165) is 25.7 Å². The normalized spacial score (nSPS) is 20.2. The van der Waals surface area contributed by atoms with Crippen molar-refractivity contribution in [2.75, 3.05) is 32.5 Å². The van der Waals surface area contributed by atoms with Crippen molar-refractivity contribution in [2.45, 2.75) is 31.1 Å². The number of alkyl halides is 3. The van der Waals surface area contributed by atoms with Crippen LogP contribution in [0, 0.1) is 5.82 Å². The molecule has 0 saturated carbocycles. The summed E-state index contributed by atoms with van der Waals surface area (Å²) in [6.45, 7) is 3.55. The molecule has 7 nitrogen and oxygen atoms in total. The Labute approximate surface area is 206 Å². The summed E-state index contributed by atoms with van der Waals surface area (Å²) in [5.74, 6) is -0.509. The minimum absolute atomic E-state index is 0.0122. The molecule has 0 aliphatic heterocycles. The van der Waals surface area contributed by atoms with Crippen molar-refractivity contribution < 1.29 is 17.6 Å². The van der Waals surface area contributed by atoms with E-state index in [0.29, 0.717) is 16.6 Å². The first-order chi connectivity index (χ1) is 17.0. The van der Waals surface area contributed by atoms with E-state index in [1.54, 1.807) is 0 Å².